The van der Waals surface area contributed by atoms with E-state index in [2.05, 4.69) is 51.1 Å². The molecule has 4 aliphatic rings. The van der Waals surface area contributed by atoms with Crippen molar-refractivity contribution in [1.29, 1.82) is 0 Å². The van der Waals surface area contributed by atoms with Crippen LogP contribution in [-0.4, -0.2) is 95.3 Å². The first kappa shape index (κ1) is 26.4. The van der Waals surface area contributed by atoms with Gasteiger partial charge in [0.25, 0.3) is 0 Å². The van der Waals surface area contributed by atoms with Crippen LogP contribution in [0, 0.1) is 5.92 Å². The monoisotopic (exact) mass is 546 g/mol. The maximum absolute atomic E-state index is 12.2. The molecule has 0 spiro atoms. The van der Waals surface area contributed by atoms with Gasteiger partial charge in [0.1, 0.15) is 11.6 Å². The van der Waals surface area contributed by atoms with Gasteiger partial charge >= 0.3 is 0 Å². The lowest BCUT2D eigenvalue weighted by Gasteiger charge is -2.42. The molecule has 6 rings (SSSR count). The lowest BCUT2D eigenvalue weighted by atomic mass is 10.0. The number of nitrogens with one attached hydrogen (secondary N) is 1. The van der Waals surface area contributed by atoms with E-state index in [-0.39, 0.29) is 0 Å². The minimum absolute atomic E-state index is 0.294. The average molecular weight is 547 g/mol. The predicted molar refractivity (Wildman–Crippen MR) is 156 cm³/mol. The highest BCUT2D eigenvalue weighted by Crippen LogP contribution is 2.32. The Morgan fingerprint density at radius 2 is 1.72 bits per heavy atom. The summed E-state index contributed by atoms with van der Waals surface area (Å²) in [6.07, 6.45) is 7.18. The van der Waals surface area contributed by atoms with Gasteiger partial charge in [-0.25, -0.2) is 0 Å². The highest BCUT2D eigenvalue weighted by Gasteiger charge is 2.29. The van der Waals surface area contributed by atoms with Crippen molar-refractivity contribution in [2.75, 3.05) is 63.1 Å². The second kappa shape index (κ2) is 11.7. The van der Waals surface area contributed by atoms with Crippen LogP contribution in [0.5, 0.6) is 0 Å². The number of carbonyl (C=O) groups is 1. The number of piperidine rings is 1. The van der Waals surface area contributed by atoms with E-state index in [9.17, 15) is 4.79 Å². The lowest BCUT2D eigenvalue weighted by Crippen LogP contribution is -2.53. The summed E-state index contributed by atoms with van der Waals surface area (Å²) in [5.41, 5.74) is 2.28. The van der Waals surface area contributed by atoms with Gasteiger partial charge in [0.15, 0.2) is 5.16 Å². The van der Waals surface area contributed by atoms with Crippen LogP contribution in [0.4, 0.5) is 11.9 Å². The quantitative estimate of drug-likeness (QED) is 0.534. The van der Waals surface area contributed by atoms with Gasteiger partial charge in [-0.05, 0) is 93.9 Å². The molecule has 39 heavy (non-hydrogen) atoms. The zero-order valence-corrected chi connectivity index (χ0v) is 23.8. The molecule has 1 N–H and O–H groups in total. The average Bonchev–Trinajstić information content (AvgIpc) is 3.72. The van der Waals surface area contributed by atoms with Crippen LogP contribution in [-0.2, 0) is 11.2 Å². The molecule has 1 saturated carbocycles. The molecule has 206 valence electrons. The minimum Gasteiger partial charge on any atom is -0.338 e. The molecular weight excluding hydrogens is 508 g/mol. The SMILES string of the molecule is CC1=CC(Nc2nc(Sc3ccc(CC(=O)C4CC4)cc3)nc(N3CCN(C4CCN(C)CC4)CC3)n2)=NC1. The van der Waals surface area contributed by atoms with E-state index in [1.54, 1.807) is 0 Å². The third-order valence-corrected chi connectivity index (χ3v) is 8.94. The largest absolute Gasteiger partial charge is 0.338 e. The molecule has 0 amide bonds. The number of benzene rings is 1. The number of Topliss-reactive ketones (excluding diaryl/α,β-unsaturated/α-hetero) is 1. The number of hydrogen-bond donors (Lipinski definition) is 1. The third kappa shape index (κ3) is 6.85. The van der Waals surface area contributed by atoms with Crippen molar-refractivity contribution in [3.8, 4) is 0 Å². The highest BCUT2D eigenvalue weighted by atomic mass is 32.2. The van der Waals surface area contributed by atoms with Gasteiger partial charge in [-0.3, -0.25) is 14.7 Å². The maximum atomic E-state index is 12.2. The summed E-state index contributed by atoms with van der Waals surface area (Å²) in [6, 6.07) is 8.90. The maximum Gasteiger partial charge on any atom is 0.234 e. The first-order valence-electron chi connectivity index (χ1n) is 14.2. The van der Waals surface area contributed by atoms with Gasteiger partial charge < -0.3 is 15.1 Å². The summed E-state index contributed by atoms with van der Waals surface area (Å²) in [6.45, 7) is 9.02. The summed E-state index contributed by atoms with van der Waals surface area (Å²) in [7, 11) is 2.22. The molecule has 9 nitrogen and oxygen atoms in total. The van der Waals surface area contributed by atoms with Gasteiger partial charge in [-0.2, -0.15) is 15.0 Å². The van der Waals surface area contributed by atoms with E-state index in [4.69, 9.17) is 15.0 Å². The number of likely N-dealkylation sites (tertiary alicyclic amines) is 1. The van der Waals surface area contributed by atoms with E-state index >= 15 is 0 Å². The summed E-state index contributed by atoms with van der Waals surface area (Å²) in [4.78, 5) is 39.6. The van der Waals surface area contributed by atoms with Crippen LogP contribution in [0.25, 0.3) is 0 Å². The van der Waals surface area contributed by atoms with Gasteiger partial charge in [0.2, 0.25) is 11.9 Å². The number of carbonyl (C=O) groups excluding carboxylic acids is 1. The molecule has 2 saturated heterocycles. The molecule has 10 heteroatoms. The topological polar surface area (TPSA) is 89.9 Å². The van der Waals surface area contributed by atoms with Gasteiger partial charge in [-0.1, -0.05) is 12.1 Å². The minimum atomic E-state index is 0.294. The van der Waals surface area contributed by atoms with Crippen LogP contribution in [0.15, 0.2) is 51.0 Å². The number of anilines is 2. The Labute approximate surface area is 235 Å². The van der Waals surface area contributed by atoms with E-state index in [0.717, 1.165) is 55.3 Å². The predicted octanol–water partition coefficient (Wildman–Crippen LogP) is 3.53. The number of amidine groups is 1. The molecule has 3 aliphatic heterocycles. The van der Waals surface area contributed by atoms with Gasteiger partial charge in [0.05, 0.1) is 6.54 Å². The fourth-order valence-corrected chi connectivity index (χ4v) is 6.23. The van der Waals surface area contributed by atoms with Crippen molar-refractivity contribution < 1.29 is 4.79 Å². The number of ketones is 1. The van der Waals surface area contributed by atoms with Crippen molar-refractivity contribution in [2.45, 2.75) is 55.1 Å². The van der Waals surface area contributed by atoms with Crippen LogP contribution in [0.3, 0.4) is 0 Å². The van der Waals surface area contributed by atoms with E-state index in [1.165, 1.54) is 43.3 Å². The molecule has 0 atom stereocenters. The second-order valence-electron chi connectivity index (χ2n) is 11.3. The van der Waals surface area contributed by atoms with E-state index in [0.29, 0.717) is 47.8 Å². The number of hydrogen-bond acceptors (Lipinski definition) is 10. The summed E-state index contributed by atoms with van der Waals surface area (Å²) >= 11 is 1.52. The Bertz CT molecular complexity index is 1240. The first-order valence-corrected chi connectivity index (χ1v) is 15.0. The number of aromatic nitrogens is 3. The standard InChI is InChI=1S/C29H38N8OS/c1-20-17-26(30-19-20)31-27-32-28(37-15-13-36(14-16-37)23-9-11-35(2)12-10-23)34-29(33-27)39-24-7-3-21(4-8-24)18-25(38)22-5-6-22/h3-4,7-8,17,22-23H,5-6,9-16,18-19H2,1-2H3,(H,30,31,32,33,34). The smallest absolute Gasteiger partial charge is 0.234 e. The first-order chi connectivity index (χ1) is 19.0. The second-order valence-corrected chi connectivity index (χ2v) is 12.3. The third-order valence-electron chi connectivity index (χ3n) is 8.07. The van der Waals surface area contributed by atoms with Crippen LogP contribution in [0.1, 0.15) is 38.2 Å². The molecule has 1 aromatic carbocycles. The summed E-state index contributed by atoms with van der Waals surface area (Å²) in [5, 5.41) is 3.96. The Hall–Kier alpha value is -2.82. The van der Waals surface area contributed by atoms with Crippen molar-refractivity contribution in [3.63, 3.8) is 0 Å². The number of nitrogens with zero attached hydrogens (tertiary/aromatic N) is 7. The molecule has 1 aliphatic carbocycles. The molecule has 4 heterocycles. The normalized spacial score (nSPS) is 21.1. The summed E-state index contributed by atoms with van der Waals surface area (Å²) < 4.78 is 0. The zero-order chi connectivity index (χ0) is 26.8. The molecular formula is C29H38N8OS. The zero-order valence-electron chi connectivity index (χ0n) is 23.0. The fourth-order valence-electron chi connectivity index (χ4n) is 5.49. The molecule has 0 unspecified atom stereocenters. The number of aliphatic imine (C=N–C) groups is 1. The Morgan fingerprint density at radius 1 is 0.974 bits per heavy atom. The highest BCUT2D eigenvalue weighted by molar-refractivity contribution is 7.99. The number of rotatable bonds is 8. The van der Waals surface area contributed by atoms with Crippen LogP contribution in [0.2, 0.25) is 0 Å². The van der Waals surface area contributed by atoms with Gasteiger partial charge in [-0.15, -0.1) is 0 Å². The Kier molecular flexibility index (Phi) is 7.95. The fraction of sp³-hybridized carbons (Fsp3) is 0.552. The van der Waals surface area contributed by atoms with Crippen molar-refractivity contribution in [1.82, 2.24) is 24.8 Å². The molecule has 3 fully saturated rings. The Morgan fingerprint density at radius 3 is 2.38 bits per heavy atom. The van der Waals surface area contributed by atoms with E-state index < -0.39 is 0 Å². The van der Waals surface area contributed by atoms with Crippen molar-refractivity contribution >= 4 is 35.3 Å². The van der Waals surface area contributed by atoms with Crippen molar-refractivity contribution in [2.24, 2.45) is 10.9 Å². The van der Waals surface area contributed by atoms with E-state index in [1.807, 2.05) is 18.2 Å². The van der Waals surface area contributed by atoms with Gasteiger partial charge in [0, 0.05) is 49.5 Å². The van der Waals surface area contributed by atoms with Crippen molar-refractivity contribution in [3.05, 3.63) is 41.5 Å². The summed E-state index contributed by atoms with van der Waals surface area (Å²) in [5.74, 6) is 2.68. The van der Waals surface area contributed by atoms with Crippen LogP contribution < -0.4 is 10.2 Å². The molecule has 1 aromatic heterocycles. The van der Waals surface area contributed by atoms with Crippen LogP contribution >= 0.6 is 11.8 Å². The Balaban J connectivity index is 1.15. The molecule has 2 aromatic rings. The molecule has 0 radical (unpaired) electrons. The lowest BCUT2D eigenvalue weighted by molar-refractivity contribution is -0.119. The number of piperazine rings is 1. The molecule has 0 bridgehead atoms.